The number of hydrogen-bond donors (Lipinski definition) is 0. The topological polar surface area (TPSA) is 34.1 Å². The van der Waals surface area contributed by atoms with E-state index in [-0.39, 0.29) is 0 Å². The molecule has 0 bridgehead atoms. The number of allylic oxidation sites excluding steroid dienone is 4. The summed E-state index contributed by atoms with van der Waals surface area (Å²) in [7, 11) is -3.47. The molecule has 0 aromatic heterocycles. The van der Waals surface area contributed by atoms with Crippen molar-refractivity contribution in [2.75, 3.05) is 0 Å². The molecular weight excluding hydrogens is 350 g/mol. The Kier molecular flexibility index (Phi) is 4.17. The first-order valence-electron chi connectivity index (χ1n) is 5.38. The van der Waals surface area contributed by atoms with E-state index in [1.165, 1.54) is 48.6 Å². The Hall–Kier alpha value is 0.0700. The van der Waals surface area contributed by atoms with Crippen molar-refractivity contribution in [1.29, 1.82) is 0 Å². The number of halogens is 4. The molecule has 0 aliphatic heterocycles. The quantitative estimate of drug-likeness (QED) is 0.556. The summed E-state index contributed by atoms with van der Waals surface area (Å²) in [6.07, 6.45) is 11.7. The zero-order valence-electron chi connectivity index (χ0n) is 9.51. The van der Waals surface area contributed by atoms with E-state index in [9.17, 15) is 8.42 Å². The van der Waals surface area contributed by atoms with Crippen LogP contribution >= 0.6 is 46.4 Å². The highest BCUT2D eigenvalue weighted by atomic mass is 35.5. The van der Waals surface area contributed by atoms with Crippen molar-refractivity contribution in [3.05, 3.63) is 48.6 Å². The van der Waals surface area contributed by atoms with Crippen LogP contribution in [0.3, 0.4) is 0 Å². The maximum atomic E-state index is 12.4. The highest BCUT2D eigenvalue weighted by Crippen LogP contribution is 2.33. The second-order valence-corrected chi connectivity index (χ2v) is 9.46. The number of hydrogen-bond acceptors (Lipinski definition) is 2. The minimum atomic E-state index is -3.47. The van der Waals surface area contributed by atoms with Gasteiger partial charge in [-0.15, -0.1) is 0 Å². The molecule has 7 heteroatoms. The van der Waals surface area contributed by atoms with Gasteiger partial charge in [-0.05, 0) is 24.3 Å². The fourth-order valence-electron chi connectivity index (χ4n) is 1.75. The van der Waals surface area contributed by atoms with Gasteiger partial charge in [-0.25, -0.2) is 8.42 Å². The highest BCUT2D eigenvalue weighted by Gasteiger charge is 2.34. The summed E-state index contributed by atoms with van der Waals surface area (Å²) in [5, 5.41) is -1.54. The molecule has 0 fully saturated rings. The SMILES string of the molecule is O=S(=O)(C1C=CC(Cl)(Cl)C=C1)C1C=CC(Cl)(Cl)C=C1. The van der Waals surface area contributed by atoms with E-state index < -0.39 is 29.0 Å². The lowest BCUT2D eigenvalue weighted by Gasteiger charge is -2.23. The first-order valence-corrected chi connectivity index (χ1v) is 8.50. The van der Waals surface area contributed by atoms with Gasteiger partial charge in [0.1, 0.15) is 0 Å². The van der Waals surface area contributed by atoms with Gasteiger partial charge in [-0.3, -0.25) is 0 Å². The summed E-state index contributed by atoms with van der Waals surface area (Å²) in [6, 6.07) is 0. The van der Waals surface area contributed by atoms with Crippen LogP contribution in [0, 0.1) is 0 Å². The number of sulfone groups is 1. The van der Waals surface area contributed by atoms with E-state index >= 15 is 0 Å². The summed E-state index contributed by atoms with van der Waals surface area (Å²) in [6.45, 7) is 0. The molecule has 0 saturated heterocycles. The maximum absolute atomic E-state index is 12.4. The average molecular weight is 360 g/mol. The minimum absolute atomic E-state index is 0.768. The van der Waals surface area contributed by atoms with Gasteiger partial charge in [-0.2, -0.15) is 0 Å². The predicted octanol–water partition coefficient (Wildman–Crippen LogP) is 3.74. The second kappa shape index (κ2) is 5.12. The first kappa shape index (κ1) is 15.5. The molecule has 2 rings (SSSR count). The summed E-state index contributed by atoms with van der Waals surface area (Å²) >= 11 is 23.4. The van der Waals surface area contributed by atoms with Gasteiger partial charge in [0.25, 0.3) is 0 Å². The van der Waals surface area contributed by atoms with E-state index in [2.05, 4.69) is 0 Å². The van der Waals surface area contributed by atoms with Crippen LogP contribution in [-0.4, -0.2) is 27.6 Å². The van der Waals surface area contributed by atoms with Crippen molar-refractivity contribution >= 4 is 56.2 Å². The van der Waals surface area contributed by atoms with Crippen LogP contribution in [0.15, 0.2) is 48.6 Å². The van der Waals surface area contributed by atoms with Crippen molar-refractivity contribution in [1.82, 2.24) is 0 Å². The molecule has 0 spiro atoms. The van der Waals surface area contributed by atoms with E-state index in [1.807, 2.05) is 0 Å². The molecule has 19 heavy (non-hydrogen) atoms. The molecule has 0 aromatic carbocycles. The lowest BCUT2D eigenvalue weighted by Crippen LogP contribution is -2.31. The minimum Gasteiger partial charge on any atom is -0.227 e. The fourth-order valence-corrected chi connectivity index (χ4v) is 3.89. The molecule has 104 valence electrons. The van der Waals surface area contributed by atoms with Crippen LogP contribution in [0.25, 0.3) is 0 Å². The summed E-state index contributed by atoms with van der Waals surface area (Å²) in [4.78, 5) is 0. The van der Waals surface area contributed by atoms with Crippen molar-refractivity contribution in [2.45, 2.75) is 19.2 Å². The smallest absolute Gasteiger partial charge is 0.170 e. The Balaban J connectivity index is 2.22. The Morgan fingerprint density at radius 3 is 1.21 bits per heavy atom. The van der Waals surface area contributed by atoms with Gasteiger partial charge in [0.2, 0.25) is 0 Å². The molecule has 0 unspecified atom stereocenters. The van der Waals surface area contributed by atoms with Crippen molar-refractivity contribution in [3.8, 4) is 0 Å². The molecule has 0 amide bonds. The fraction of sp³-hybridized carbons (Fsp3) is 0.333. The van der Waals surface area contributed by atoms with Crippen molar-refractivity contribution < 1.29 is 8.42 Å². The van der Waals surface area contributed by atoms with Gasteiger partial charge in [-0.1, -0.05) is 70.7 Å². The molecule has 2 aliphatic carbocycles. The number of rotatable bonds is 2. The van der Waals surface area contributed by atoms with Gasteiger partial charge in [0, 0.05) is 0 Å². The van der Waals surface area contributed by atoms with E-state index in [0.717, 1.165) is 0 Å². The molecule has 0 aromatic rings. The van der Waals surface area contributed by atoms with Gasteiger partial charge in [0.05, 0.1) is 10.5 Å². The van der Waals surface area contributed by atoms with E-state index in [1.54, 1.807) is 0 Å². The first-order chi connectivity index (χ1) is 8.62. The standard InChI is InChI=1S/C12H10Cl4O2S/c13-11(14)5-1-9(2-6-11)19(17,18)10-3-7-12(15,16)8-4-10/h1-10H. The zero-order chi connectivity index (χ0) is 14.3. The van der Waals surface area contributed by atoms with Crippen LogP contribution in [0.2, 0.25) is 0 Å². The van der Waals surface area contributed by atoms with Crippen molar-refractivity contribution in [3.63, 3.8) is 0 Å². The van der Waals surface area contributed by atoms with Gasteiger partial charge in [0.15, 0.2) is 18.5 Å². The lowest BCUT2D eigenvalue weighted by atomic mass is 10.2. The van der Waals surface area contributed by atoms with Crippen LogP contribution < -0.4 is 0 Å². The third-order valence-corrected chi connectivity index (χ3v) is 5.95. The Labute approximate surface area is 132 Å². The maximum Gasteiger partial charge on any atom is 0.170 e. The zero-order valence-corrected chi connectivity index (χ0v) is 13.4. The number of alkyl halides is 4. The van der Waals surface area contributed by atoms with Crippen LogP contribution in [0.4, 0.5) is 0 Å². The summed E-state index contributed by atoms with van der Waals surface area (Å²) in [5.74, 6) is 0. The molecule has 0 saturated carbocycles. The molecular formula is C12H10Cl4O2S. The monoisotopic (exact) mass is 358 g/mol. The van der Waals surface area contributed by atoms with Crippen LogP contribution in [0.1, 0.15) is 0 Å². The van der Waals surface area contributed by atoms with Gasteiger partial charge < -0.3 is 0 Å². The lowest BCUT2D eigenvalue weighted by molar-refractivity contribution is 0.591. The van der Waals surface area contributed by atoms with E-state index in [4.69, 9.17) is 46.4 Å². The normalized spacial score (nSPS) is 25.9. The molecule has 0 atom stereocenters. The molecule has 0 N–H and O–H groups in total. The van der Waals surface area contributed by atoms with Crippen molar-refractivity contribution in [2.24, 2.45) is 0 Å². The Bertz CT molecular complexity index is 507. The van der Waals surface area contributed by atoms with Crippen LogP contribution in [-0.2, 0) is 9.84 Å². The second-order valence-electron chi connectivity index (χ2n) is 4.30. The third-order valence-electron chi connectivity index (χ3n) is 2.79. The molecule has 0 radical (unpaired) electrons. The van der Waals surface area contributed by atoms with Gasteiger partial charge >= 0.3 is 0 Å². The highest BCUT2D eigenvalue weighted by molar-refractivity contribution is 7.93. The van der Waals surface area contributed by atoms with E-state index in [0.29, 0.717) is 0 Å². The molecule has 2 aliphatic rings. The predicted molar refractivity (Wildman–Crippen MR) is 81.9 cm³/mol. The average Bonchev–Trinajstić information content (AvgIpc) is 2.27. The Morgan fingerprint density at radius 1 is 0.684 bits per heavy atom. The molecule has 2 nitrogen and oxygen atoms in total. The molecule has 0 heterocycles. The summed E-state index contributed by atoms with van der Waals surface area (Å²) in [5.41, 5.74) is 0. The van der Waals surface area contributed by atoms with Crippen LogP contribution in [0.5, 0.6) is 0 Å². The third kappa shape index (κ3) is 3.59. The summed E-state index contributed by atoms with van der Waals surface area (Å²) < 4.78 is 22.5. The largest absolute Gasteiger partial charge is 0.227 e. The Morgan fingerprint density at radius 2 is 0.947 bits per heavy atom.